The molecule has 130 valence electrons. The van der Waals surface area contributed by atoms with Crippen molar-refractivity contribution in [3.63, 3.8) is 0 Å². The number of aliphatic hydroxyl groups excluding tert-OH is 2. The van der Waals surface area contributed by atoms with E-state index in [0.717, 1.165) is 12.8 Å². The van der Waals surface area contributed by atoms with Crippen LogP contribution in [0.3, 0.4) is 0 Å². The SMILES string of the molecule is OC[C@H]1O[C@@H](n2cnc3c(F)c(N4CCCC4)c(F)cc32)C[C@@H]1O. The Morgan fingerprint density at radius 1 is 1.29 bits per heavy atom. The van der Waals surface area contributed by atoms with Crippen LogP contribution in [0.2, 0.25) is 0 Å². The number of nitrogens with zero attached hydrogens (tertiary/aromatic N) is 3. The molecule has 6 nitrogen and oxygen atoms in total. The van der Waals surface area contributed by atoms with Gasteiger partial charge in [0, 0.05) is 25.6 Å². The Kier molecular flexibility index (Phi) is 3.90. The summed E-state index contributed by atoms with van der Waals surface area (Å²) >= 11 is 0. The van der Waals surface area contributed by atoms with Crippen LogP contribution in [-0.2, 0) is 4.74 Å². The molecule has 0 amide bonds. The van der Waals surface area contributed by atoms with E-state index in [2.05, 4.69) is 4.98 Å². The van der Waals surface area contributed by atoms with Crippen LogP contribution in [0.1, 0.15) is 25.5 Å². The summed E-state index contributed by atoms with van der Waals surface area (Å²) in [5, 5.41) is 19.0. The van der Waals surface area contributed by atoms with E-state index in [-0.39, 0.29) is 29.7 Å². The van der Waals surface area contributed by atoms with E-state index in [9.17, 15) is 19.0 Å². The highest BCUT2D eigenvalue weighted by Gasteiger charge is 2.35. The second-order valence-corrected chi connectivity index (χ2v) is 6.35. The van der Waals surface area contributed by atoms with Gasteiger partial charge in [-0.25, -0.2) is 13.8 Å². The van der Waals surface area contributed by atoms with Crippen LogP contribution in [0.5, 0.6) is 0 Å². The summed E-state index contributed by atoms with van der Waals surface area (Å²) in [6.45, 7) is 0.957. The molecule has 0 radical (unpaired) electrons. The highest BCUT2D eigenvalue weighted by Crippen LogP contribution is 2.36. The van der Waals surface area contributed by atoms with Crippen LogP contribution in [0.25, 0.3) is 11.0 Å². The van der Waals surface area contributed by atoms with E-state index in [0.29, 0.717) is 13.1 Å². The van der Waals surface area contributed by atoms with Crippen LogP contribution in [0, 0.1) is 11.6 Å². The number of benzene rings is 1. The summed E-state index contributed by atoms with van der Waals surface area (Å²) in [5.74, 6) is -1.29. The number of rotatable bonds is 3. The van der Waals surface area contributed by atoms with Gasteiger partial charge in [-0.3, -0.25) is 0 Å². The third-order valence-corrected chi connectivity index (χ3v) is 4.85. The summed E-state index contributed by atoms with van der Waals surface area (Å²) in [7, 11) is 0. The van der Waals surface area contributed by atoms with Crippen molar-refractivity contribution < 1.29 is 23.7 Å². The van der Waals surface area contributed by atoms with Gasteiger partial charge in [0.2, 0.25) is 0 Å². The molecule has 4 rings (SSSR count). The summed E-state index contributed by atoms with van der Waals surface area (Å²) in [4.78, 5) is 5.79. The van der Waals surface area contributed by atoms with E-state index < -0.39 is 30.1 Å². The lowest BCUT2D eigenvalue weighted by Gasteiger charge is -2.20. The Morgan fingerprint density at radius 2 is 2.04 bits per heavy atom. The number of ether oxygens (including phenoxy) is 1. The smallest absolute Gasteiger partial charge is 0.177 e. The molecule has 2 aliphatic rings. The van der Waals surface area contributed by atoms with Gasteiger partial charge in [-0.2, -0.15) is 0 Å². The minimum absolute atomic E-state index is 0.0224. The molecule has 0 aliphatic carbocycles. The molecule has 0 spiro atoms. The van der Waals surface area contributed by atoms with Crippen molar-refractivity contribution in [1.29, 1.82) is 0 Å². The first kappa shape index (κ1) is 15.7. The Morgan fingerprint density at radius 3 is 2.71 bits per heavy atom. The van der Waals surface area contributed by atoms with Crippen molar-refractivity contribution in [2.45, 2.75) is 37.7 Å². The molecular weight excluding hydrogens is 320 g/mol. The van der Waals surface area contributed by atoms with Crippen LogP contribution in [0.15, 0.2) is 12.4 Å². The maximum atomic E-state index is 14.8. The Bertz CT molecular complexity index is 761. The molecule has 0 saturated carbocycles. The molecule has 2 fully saturated rings. The molecule has 24 heavy (non-hydrogen) atoms. The average Bonchev–Trinajstić information content (AvgIpc) is 3.26. The van der Waals surface area contributed by atoms with E-state index in [1.54, 1.807) is 4.90 Å². The zero-order valence-corrected chi connectivity index (χ0v) is 13.0. The highest BCUT2D eigenvalue weighted by molar-refractivity contribution is 5.81. The normalized spacial score (nSPS) is 27.5. The Balaban J connectivity index is 1.75. The van der Waals surface area contributed by atoms with Crippen LogP contribution in [-0.4, -0.2) is 51.7 Å². The molecule has 8 heteroatoms. The monoisotopic (exact) mass is 339 g/mol. The quantitative estimate of drug-likeness (QED) is 0.888. The van der Waals surface area contributed by atoms with Crippen LogP contribution in [0.4, 0.5) is 14.5 Å². The molecule has 3 atom stereocenters. The Labute approximate surface area is 137 Å². The van der Waals surface area contributed by atoms with Gasteiger partial charge in [-0.05, 0) is 12.8 Å². The number of aromatic nitrogens is 2. The molecule has 1 aromatic heterocycles. The summed E-state index contributed by atoms with van der Waals surface area (Å²) in [6.07, 6.45) is 1.32. The van der Waals surface area contributed by atoms with Crippen molar-refractivity contribution in [2.24, 2.45) is 0 Å². The number of imidazole rings is 1. The molecule has 2 N–H and O–H groups in total. The van der Waals surface area contributed by atoms with Gasteiger partial charge < -0.3 is 24.4 Å². The van der Waals surface area contributed by atoms with E-state index in [1.165, 1.54) is 17.0 Å². The number of halogens is 2. The minimum atomic E-state index is -0.823. The first-order valence-corrected chi connectivity index (χ1v) is 8.14. The maximum Gasteiger partial charge on any atom is 0.177 e. The molecule has 0 unspecified atom stereocenters. The summed E-state index contributed by atoms with van der Waals surface area (Å²) in [6, 6.07) is 1.26. The standard InChI is InChI=1S/C16H19F2N3O3/c17-9-5-10-15(14(18)16(9)20-3-1-2-4-20)19-8-21(10)13-6-11(23)12(7-22)24-13/h5,8,11-13,22-23H,1-4,6-7H2/t11-,12+,13+/m0/s1. The predicted octanol–water partition coefficient (Wildman–Crippen LogP) is 1.56. The zero-order valence-electron chi connectivity index (χ0n) is 13.0. The van der Waals surface area contributed by atoms with E-state index >= 15 is 0 Å². The number of hydrogen-bond donors (Lipinski definition) is 2. The van der Waals surface area contributed by atoms with Gasteiger partial charge >= 0.3 is 0 Å². The predicted molar refractivity (Wildman–Crippen MR) is 82.7 cm³/mol. The lowest BCUT2D eigenvalue weighted by atomic mass is 10.2. The summed E-state index contributed by atoms with van der Waals surface area (Å²) in [5.41, 5.74) is 0.346. The Hall–Kier alpha value is -1.77. The van der Waals surface area contributed by atoms with Crippen molar-refractivity contribution in [1.82, 2.24) is 9.55 Å². The fraction of sp³-hybridized carbons (Fsp3) is 0.562. The third-order valence-electron chi connectivity index (χ3n) is 4.85. The fourth-order valence-electron chi connectivity index (χ4n) is 3.60. The van der Waals surface area contributed by atoms with Gasteiger partial charge in [-0.1, -0.05) is 0 Å². The maximum absolute atomic E-state index is 14.8. The van der Waals surface area contributed by atoms with Crippen molar-refractivity contribution >= 4 is 16.7 Å². The topological polar surface area (TPSA) is 70.8 Å². The molecular formula is C16H19F2N3O3. The molecule has 2 aliphatic heterocycles. The number of fused-ring (bicyclic) bond motifs is 1. The molecule has 2 saturated heterocycles. The number of aliphatic hydroxyl groups is 2. The van der Waals surface area contributed by atoms with Gasteiger partial charge in [0.1, 0.15) is 23.5 Å². The lowest BCUT2D eigenvalue weighted by molar-refractivity contribution is -0.0430. The first-order chi connectivity index (χ1) is 11.6. The summed E-state index contributed by atoms with van der Waals surface area (Å²) < 4.78 is 36.4. The molecule has 1 aromatic carbocycles. The first-order valence-electron chi connectivity index (χ1n) is 8.14. The van der Waals surface area contributed by atoms with E-state index in [4.69, 9.17) is 4.74 Å². The van der Waals surface area contributed by atoms with Gasteiger partial charge in [-0.15, -0.1) is 0 Å². The van der Waals surface area contributed by atoms with Crippen LogP contribution >= 0.6 is 0 Å². The van der Waals surface area contributed by atoms with Crippen molar-refractivity contribution in [2.75, 3.05) is 24.6 Å². The van der Waals surface area contributed by atoms with Crippen molar-refractivity contribution in [3.8, 4) is 0 Å². The second kappa shape index (κ2) is 5.94. The average molecular weight is 339 g/mol. The van der Waals surface area contributed by atoms with Gasteiger partial charge in [0.25, 0.3) is 0 Å². The lowest BCUT2D eigenvalue weighted by Crippen LogP contribution is -2.24. The van der Waals surface area contributed by atoms with Gasteiger partial charge in [0.05, 0.1) is 24.6 Å². The molecule has 3 heterocycles. The zero-order chi connectivity index (χ0) is 16.8. The van der Waals surface area contributed by atoms with Gasteiger partial charge in [0.15, 0.2) is 11.6 Å². The number of anilines is 1. The molecule has 0 bridgehead atoms. The third kappa shape index (κ3) is 2.37. The minimum Gasteiger partial charge on any atom is -0.394 e. The fourth-order valence-corrected chi connectivity index (χ4v) is 3.60. The van der Waals surface area contributed by atoms with E-state index in [1.807, 2.05) is 0 Å². The second-order valence-electron chi connectivity index (χ2n) is 6.35. The largest absolute Gasteiger partial charge is 0.394 e. The highest BCUT2D eigenvalue weighted by atomic mass is 19.1. The molecule has 2 aromatic rings. The van der Waals surface area contributed by atoms with Crippen molar-refractivity contribution in [3.05, 3.63) is 24.0 Å². The van der Waals surface area contributed by atoms with Crippen LogP contribution < -0.4 is 4.90 Å². The number of hydrogen-bond acceptors (Lipinski definition) is 5.